The summed E-state index contributed by atoms with van der Waals surface area (Å²) in [5.41, 5.74) is 5.71. The molecule has 0 aromatic heterocycles. The zero-order valence-corrected chi connectivity index (χ0v) is 9.64. The summed E-state index contributed by atoms with van der Waals surface area (Å²) in [6, 6.07) is -0.575. The van der Waals surface area contributed by atoms with Crippen LogP contribution in [-0.2, 0) is 9.59 Å². The third-order valence-electron chi connectivity index (χ3n) is 1.98. The Balaban J connectivity index is 4.66. The SMILES string of the molecule is CCC/C(C=NC(CC)C(N)=O)=C/C(=O)O. The number of carboxylic acid groups (broad SMARTS) is 1. The quantitative estimate of drug-likeness (QED) is 0.503. The summed E-state index contributed by atoms with van der Waals surface area (Å²) < 4.78 is 0. The molecule has 0 spiro atoms. The van der Waals surface area contributed by atoms with Crippen LogP contribution in [0.25, 0.3) is 0 Å². The van der Waals surface area contributed by atoms with Gasteiger partial charge in [0.15, 0.2) is 0 Å². The number of nitrogens with two attached hydrogens (primary N) is 1. The first kappa shape index (κ1) is 14.3. The number of rotatable bonds is 7. The maximum absolute atomic E-state index is 10.9. The fourth-order valence-electron chi connectivity index (χ4n) is 1.19. The van der Waals surface area contributed by atoms with Crippen molar-refractivity contribution in [2.75, 3.05) is 0 Å². The molecule has 0 saturated carbocycles. The Hall–Kier alpha value is -1.65. The van der Waals surface area contributed by atoms with Crippen LogP contribution in [0.15, 0.2) is 16.6 Å². The van der Waals surface area contributed by atoms with Crippen molar-refractivity contribution in [1.82, 2.24) is 0 Å². The number of nitrogens with zero attached hydrogens (tertiary/aromatic N) is 1. The molecule has 1 unspecified atom stereocenters. The molecule has 3 N–H and O–H groups in total. The van der Waals surface area contributed by atoms with E-state index in [1.54, 1.807) is 6.92 Å². The molecule has 0 aliphatic rings. The Morgan fingerprint density at radius 1 is 1.44 bits per heavy atom. The predicted octanol–water partition coefficient (Wildman–Crippen LogP) is 1.13. The lowest BCUT2D eigenvalue weighted by Gasteiger charge is -2.04. The van der Waals surface area contributed by atoms with Crippen molar-refractivity contribution in [3.63, 3.8) is 0 Å². The van der Waals surface area contributed by atoms with Crippen LogP contribution in [-0.4, -0.2) is 29.2 Å². The number of primary amides is 1. The van der Waals surface area contributed by atoms with E-state index in [0.717, 1.165) is 12.5 Å². The van der Waals surface area contributed by atoms with E-state index in [9.17, 15) is 9.59 Å². The summed E-state index contributed by atoms with van der Waals surface area (Å²) in [6.45, 7) is 3.74. The van der Waals surface area contributed by atoms with Crippen LogP contribution in [0.4, 0.5) is 0 Å². The lowest BCUT2D eigenvalue weighted by Crippen LogP contribution is -2.26. The third kappa shape index (κ3) is 5.95. The second kappa shape index (κ2) is 7.62. The highest BCUT2D eigenvalue weighted by molar-refractivity contribution is 5.91. The van der Waals surface area contributed by atoms with E-state index < -0.39 is 17.9 Å². The van der Waals surface area contributed by atoms with Crippen molar-refractivity contribution < 1.29 is 14.7 Å². The van der Waals surface area contributed by atoms with Gasteiger partial charge in [0.2, 0.25) is 5.91 Å². The molecule has 0 aliphatic heterocycles. The largest absolute Gasteiger partial charge is 0.478 e. The van der Waals surface area contributed by atoms with Crippen LogP contribution in [0.1, 0.15) is 33.1 Å². The molecule has 0 fully saturated rings. The van der Waals surface area contributed by atoms with Gasteiger partial charge in [-0.25, -0.2) is 4.79 Å². The molecule has 5 heteroatoms. The van der Waals surface area contributed by atoms with Gasteiger partial charge in [0, 0.05) is 12.3 Å². The van der Waals surface area contributed by atoms with Crippen molar-refractivity contribution in [2.24, 2.45) is 10.7 Å². The first-order valence-corrected chi connectivity index (χ1v) is 5.27. The summed E-state index contributed by atoms with van der Waals surface area (Å²) in [7, 11) is 0. The predicted molar refractivity (Wildman–Crippen MR) is 62.4 cm³/mol. The fourth-order valence-corrected chi connectivity index (χ4v) is 1.19. The second-order valence-corrected chi connectivity index (χ2v) is 3.41. The molecule has 0 aromatic carbocycles. The van der Waals surface area contributed by atoms with Gasteiger partial charge in [-0.1, -0.05) is 20.3 Å². The average molecular weight is 226 g/mol. The molecule has 16 heavy (non-hydrogen) atoms. The van der Waals surface area contributed by atoms with Crippen LogP contribution in [0.2, 0.25) is 0 Å². The zero-order chi connectivity index (χ0) is 12.6. The number of aliphatic imine (C=N–C) groups is 1. The van der Waals surface area contributed by atoms with Crippen LogP contribution in [0.3, 0.4) is 0 Å². The molecule has 1 amide bonds. The Labute approximate surface area is 95.1 Å². The summed E-state index contributed by atoms with van der Waals surface area (Å²) >= 11 is 0. The maximum Gasteiger partial charge on any atom is 0.328 e. The molecule has 0 bridgehead atoms. The minimum absolute atomic E-state index is 0.495. The summed E-state index contributed by atoms with van der Waals surface area (Å²) in [6.07, 6.45) is 4.47. The van der Waals surface area contributed by atoms with Gasteiger partial charge >= 0.3 is 5.97 Å². The van der Waals surface area contributed by atoms with E-state index in [1.165, 1.54) is 6.21 Å². The molecule has 1 atom stereocenters. The van der Waals surface area contributed by atoms with Crippen LogP contribution >= 0.6 is 0 Å². The Morgan fingerprint density at radius 3 is 2.44 bits per heavy atom. The zero-order valence-electron chi connectivity index (χ0n) is 9.64. The highest BCUT2D eigenvalue weighted by Crippen LogP contribution is 2.04. The normalized spacial score (nSPS) is 14.0. The van der Waals surface area contributed by atoms with E-state index >= 15 is 0 Å². The van der Waals surface area contributed by atoms with Crippen LogP contribution < -0.4 is 5.73 Å². The highest BCUT2D eigenvalue weighted by atomic mass is 16.4. The van der Waals surface area contributed by atoms with Crippen molar-refractivity contribution in [2.45, 2.75) is 39.2 Å². The molecule has 5 nitrogen and oxygen atoms in total. The van der Waals surface area contributed by atoms with Gasteiger partial charge in [0.1, 0.15) is 6.04 Å². The van der Waals surface area contributed by atoms with Gasteiger partial charge < -0.3 is 10.8 Å². The van der Waals surface area contributed by atoms with Gasteiger partial charge in [-0.15, -0.1) is 0 Å². The minimum atomic E-state index is -1.01. The molecule has 0 rings (SSSR count). The standard InChI is InChI=1S/C11H18N2O3/c1-3-5-8(6-10(14)15)7-13-9(4-2)11(12)16/h6-7,9H,3-5H2,1-2H3,(H2,12,16)(H,14,15)/b8-6-,13-7?. The molecule has 0 heterocycles. The van der Waals surface area contributed by atoms with Crippen molar-refractivity contribution in [1.29, 1.82) is 0 Å². The minimum Gasteiger partial charge on any atom is -0.478 e. The van der Waals surface area contributed by atoms with Gasteiger partial charge in [0.25, 0.3) is 0 Å². The molecular weight excluding hydrogens is 208 g/mol. The Kier molecular flexibility index (Phi) is 6.83. The average Bonchev–Trinajstić information content (AvgIpc) is 2.17. The summed E-state index contributed by atoms with van der Waals surface area (Å²) in [4.78, 5) is 25.4. The number of carboxylic acids is 1. The summed E-state index contributed by atoms with van der Waals surface area (Å²) in [5, 5.41) is 8.61. The van der Waals surface area contributed by atoms with E-state index in [-0.39, 0.29) is 0 Å². The van der Waals surface area contributed by atoms with E-state index in [1.807, 2.05) is 6.92 Å². The van der Waals surface area contributed by atoms with Gasteiger partial charge in [-0.05, 0) is 18.4 Å². The fraction of sp³-hybridized carbons (Fsp3) is 0.545. The molecule has 90 valence electrons. The first-order chi connectivity index (χ1) is 7.51. The van der Waals surface area contributed by atoms with Crippen molar-refractivity contribution >= 4 is 18.1 Å². The molecule has 0 saturated heterocycles. The van der Waals surface area contributed by atoms with Gasteiger partial charge in [0.05, 0.1) is 0 Å². The Morgan fingerprint density at radius 2 is 2.06 bits per heavy atom. The molecule has 0 aromatic rings. The number of amides is 1. The first-order valence-electron chi connectivity index (χ1n) is 5.27. The van der Waals surface area contributed by atoms with E-state index in [2.05, 4.69) is 4.99 Å². The molecular formula is C11H18N2O3. The number of carbonyl (C=O) groups is 2. The lowest BCUT2D eigenvalue weighted by atomic mass is 10.1. The molecule has 0 aliphatic carbocycles. The monoisotopic (exact) mass is 226 g/mol. The number of aliphatic carboxylic acids is 1. The smallest absolute Gasteiger partial charge is 0.328 e. The van der Waals surface area contributed by atoms with Crippen molar-refractivity contribution in [3.8, 4) is 0 Å². The number of hydrogen-bond donors (Lipinski definition) is 2. The Bertz CT molecular complexity index is 308. The van der Waals surface area contributed by atoms with Gasteiger partial charge in [-0.3, -0.25) is 9.79 Å². The van der Waals surface area contributed by atoms with Crippen molar-refractivity contribution in [3.05, 3.63) is 11.6 Å². The maximum atomic E-state index is 10.9. The van der Waals surface area contributed by atoms with E-state index in [4.69, 9.17) is 10.8 Å². The third-order valence-corrected chi connectivity index (χ3v) is 1.98. The van der Waals surface area contributed by atoms with Gasteiger partial charge in [-0.2, -0.15) is 0 Å². The molecule has 0 radical (unpaired) electrons. The van der Waals surface area contributed by atoms with Crippen LogP contribution in [0, 0.1) is 0 Å². The number of hydrogen-bond acceptors (Lipinski definition) is 3. The highest BCUT2D eigenvalue weighted by Gasteiger charge is 2.09. The summed E-state index contributed by atoms with van der Waals surface area (Å²) in [5.74, 6) is -1.51. The number of carbonyl (C=O) groups excluding carboxylic acids is 1. The lowest BCUT2D eigenvalue weighted by molar-refractivity contribution is -0.131. The number of allylic oxidation sites excluding steroid dienone is 1. The topological polar surface area (TPSA) is 92.8 Å². The van der Waals surface area contributed by atoms with Crippen LogP contribution in [0.5, 0.6) is 0 Å². The van der Waals surface area contributed by atoms with E-state index in [0.29, 0.717) is 18.4 Å². The second-order valence-electron chi connectivity index (χ2n) is 3.41.